The maximum absolute atomic E-state index is 13.1. The lowest BCUT2D eigenvalue weighted by Crippen LogP contribution is -2.57. The number of hydrogen-bond acceptors (Lipinski definition) is 9. The number of nitrogens with one attached hydrogen (secondary N) is 3. The molecule has 0 heterocycles. The van der Waals surface area contributed by atoms with Gasteiger partial charge >= 0.3 is 11.9 Å². The molecule has 0 aliphatic heterocycles. The number of rotatable bonds is 20. The molecule has 0 aromatic heterocycles. The van der Waals surface area contributed by atoms with Gasteiger partial charge in [0.1, 0.15) is 18.1 Å². The van der Waals surface area contributed by atoms with Crippen molar-refractivity contribution in [3.63, 3.8) is 0 Å². The lowest BCUT2D eigenvalue weighted by atomic mass is 10.1. The Kier molecular flexibility index (Phi) is 16.9. The van der Waals surface area contributed by atoms with Gasteiger partial charge in [-0.3, -0.25) is 29.0 Å². The molecule has 216 valence electrons. The van der Waals surface area contributed by atoms with E-state index >= 15 is 0 Å². The molecule has 0 aromatic rings. The highest BCUT2D eigenvalue weighted by atomic mass is 32.2. The van der Waals surface area contributed by atoms with Gasteiger partial charge in [-0.25, -0.2) is 4.79 Å². The Bertz CT molecular complexity index is 868. The van der Waals surface area contributed by atoms with Crippen LogP contribution in [0.15, 0.2) is 4.99 Å². The number of amides is 4. The minimum atomic E-state index is -1.44. The third-order valence-corrected chi connectivity index (χ3v) is 5.77. The van der Waals surface area contributed by atoms with Crippen LogP contribution in [0.5, 0.6) is 0 Å². The number of carboxylic acid groups (broad SMARTS) is 2. The predicted molar refractivity (Wildman–Crippen MR) is 140 cm³/mol. The van der Waals surface area contributed by atoms with Crippen molar-refractivity contribution in [2.24, 2.45) is 27.9 Å². The van der Waals surface area contributed by atoms with Crippen LogP contribution in [0.4, 0.5) is 0 Å². The van der Waals surface area contributed by atoms with Crippen LogP contribution in [0.25, 0.3) is 0 Å². The van der Waals surface area contributed by atoms with Gasteiger partial charge in [0, 0.05) is 19.4 Å². The summed E-state index contributed by atoms with van der Waals surface area (Å²) < 4.78 is 0. The molecule has 4 unspecified atom stereocenters. The van der Waals surface area contributed by atoms with Gasteiger partial charge in [0.2, 0.25) is 23.6 Å². The number of aliphatic imine (C=N–C) groups is 1. The molecule has 0 aromatic carbocycles. The topological polar surface area (TPSA) is 295 Å². The van der Waals surface area contributed by atoms with Crippen LogP contribution in [0.3, 0.4) is 0 Å². The Labute approximate surface area is 224 Å². The van der Waals surface area contributed by atoms with E-state index in [0.717, 1.165) is 0 Å². The molecule has 0 radical (unpaired) electrons. The third-order valence-electron chi connectivity index (χ3n) is 5.12. The van der Waals surface area contributed by atoms with Crippen molar-refractivity contribution in [3.05, 3.63) is 0 Å². The molecule has 0 aliphatic rings. The van der Waals surface area contributed by atoms with E-state index in [-0.39, 0.29) is 57.5 Å². The molecule has 17 heteroatoms. The maximum atomic E-state index is 13.1. The van der Waals surface area contributed by atoms with Crippen molar-refractivity contribution in [2.75, 3.05) is 18.6 Å². The normalized spacial score (nSPS) is 13.7. The van der Waals surface area contributed by atoms with Crippen LogP contribution in [0, 0.1) is 0 Å². The highest BCUT2D eigenvalue weighted by molar-refractivity contribution is 7.98. The lowest BCUT2D eigenvalue weighted by Gasteiger charge is -2.25. The van der Waals surface area contributed by atoms with E-state index in [1.807, 2.05) is 0 Å². The van der Waals surface area contributed by atoms with Gasteiger partial charge in [0.05, 0.1) is 6.04 Å². The average molecular weight is 563 g/mol. The number of carboxylic acids is 2. The van der Waals surface area contributed by atoms with Crippen LogP contribution < -0.4 is 38.9 Å². The Morgan fingerprint density at radius 1 is 0.789 bits per heavy atom. The summed E-state index contributed by atoms with van der Waals surface area (Å²) in [6.07, 6.45) is 1.17. The molecule has 0 fully saturated rings. The summed E-state index contributed by atoms with van der Waals surface area (Å²) >= 11 is 1.40. The maximum Gasteiger partial charge on any atom is 0.326 e. The smallest absolute Gasteiger partial charge is 0.326 e. The summed E-state index contributed by atoms with van der Waals surface area (Å²) in [4.78, 5) is 75.6. The Hall–Kier alpha value is -3.60. The highest BCUT2D eigenvalue weighted by Crippen LogP contribution is 2.07. The number of carbonyl (C=O) groups is 6. The first kappa shape index (κ1) is 34.4. The zero-order valence-electron chi connectivity index (χ0n) is 21.2. The molecule has 0 bridgehead atoms. The number of nitrogens with zero attached hydrogens (tertiary/aromatic N) is 1. The van der Waals surface area contributed by atoms with Crippen molar-refractivity contribution in [3.8, 4) is 0 Å². The second-order valence-electron chi connectivity index (χ2n) is 8.30. The molecule has 4 amide bonds. The van der Waals surface area contributed by atoms with Crippen LogP contribution >= 0.6 is 11.8 Å². The fourth-order valence-electron chi connectivity index (χ4n) is 3.05. The van der Waals surface area contributed by atoms with Gasteiger partial charge in [0.25, 0.3) is 0 Å². The minimum Gasteiger partial charge on any atom is -0.481 e. The van der Waals surface area contributed by atoms with Gasteiger partial charge in [0.15, 0.2) is 5.96 Å². The first-order valence-corrected chi connectivity index (χ1v) is 13.1. The summed E-state index contributed by atoms with van der Waals surface area (Å²) in [6, 6.07) is -4.95. The molecule has 0 saturated heterocycles. The fourth-order valence-corrected chi connectivity index (χ4v) is 3.53. The van der Waals surface area contributed by atoms with E-state index in [2.05, 4.69) is 20.9 Å². The van der Waals surface area contributed by atoms with E-state index < -0.39 is 59.7 Å². The number of carbonyl (C=O) groups excluding carboxylic acids is 4. The summed E-state index contributed by atoms with van der Waals surface area (Å²) in [5, 5.41) is 25.4. The summed E-state index contributed by atoms with van der Waals surface area (Å²) in [6.45, 7) is 0.122. The number of nitrogens with two attached hydrogens (primary N) is 4. The molecule has 16 nitrogen and oxygen atoms in total. The molecule has 38 heavy (non-hydrogen) atoms. The van der Waals surface area contributed by atoms with Crippen molar-refractivity contribution >= 4 is 53.3 Å². The van der Waals surface area contributed by atoms with E-state index in [0.29, 0.717) is 5.75 Å². The minimum absolute atomic E-state index is 0.0117. The average Bonchev–Trinajstić information content (AvgIpc) is 2.83. The fraction of sp³-hybridized carbons (Fsp3) is 0.667. The van der Waals surface area contributed by atoms with Crippen LogP contribution in [0.2, 0.25) is 0 Å². The number of thioether (sulfide) groups is 1. The monoisotopic (exact) mass is 562 g/mol. The largest absolute Gasteiger partial charge is 0.481 e. The second-order valence-corrected chi connectivity index (χ2v) is 9.28. The van der Waals surface area contributed by atoms with Crippen molar-refractivity contribution in [1.82, 2.24) is 16.0 Å². The first-order valence-electron chi connectivity index (χ1n) is 11.7. The van der Waals surface area contributed by atoms with E-state index in [9.17, 15) is 33.9 Å². The first-order chi connectivity index (χ1) is 17.8. The summed E-state index contributed by atoms with van der Waals surface area (Å²) in [5.41, 5.74) is 21.4. The molecule has 0 saturated carbocycles. The molecule has 0 aliphatic carbocycles. The third kappa shape index (κ3) is 15.5. The standard InChI is InChI=1S/C21H38N8O8S/c1-38-10-8-13(27-17(33)11(22)4-7-16(31)32)19(35)28-12(3-2-9-26-21(24)25)18(34)29-14(20(36)37)5-6-15(23)30/h11-14H,2-10,22H2,1H3,(H2,23,30)(H,27,33)(H,28,35)(H,29,34)(H,31,32)(H,36,37)(H4,24,25,26). The zero-order chi connectivity index (χ0) is 29.3. The number of hydrogen-bond donors (Lipinski definition) is 9. The van der Waals surface area contributed by atoms with Crippen molar-refractivity contribution in [1.29, 1.82) is 0 Å². The molecule has 4 atom stereocenters. The van der Waals surface area contributed by atoms with Gasteiger partial charge in [-0.1, -0.05) is 0 Å². The predicted octanol–water partition coefficient (Wildman–Crippen LogP) is -3.21. The number of primary amides is 1. The Morgan fingerprint density at radius 3 is 1.84 bits per heavy atom. The van der Waals surface area contributed by atoms with Gasteiger partial charge in [-0.2, -0.15) is 11.8 Å². The Balaban J connectivity index is 5.61. The zero-order valence-corrected chi connectivity index (χ0v) is 22.0. The highest BCUT2D eigenvalue weighted by Gasteiger charge is 2.30. The van der Waals surface area contributed by atoms with E-state index in [1.165, 1.54) is 11.8 Å². The van der Waals surface area contributed by atoms with Crippen molar-refractivity contribution in [2.45, 2.75) is 69.1 Å². The van der Waals surface area contributed by atoms with Crippen LogP contribution in [-0.2, 0) is 28.8 Å². The van der Waals surface area contributed by atoms with E-state index in [4.69, 9.17) is 28.0 Å². The van der Waals surface area contributed by atoms with E-state index in [1.54, 1.807) is 6.26 Å². The second kappa shape index (κ2) is 18.6. The molecular formula is C21H38N8O8S. The quantitative estimate of drug-likeness (QED) is 0.0402. The van der Waals surface area contributed by atoms with Crippen molar-refractivity contribution < 1.29 is 39.0 Å². The molecule has 0 rings (SSSR count). The lowest BCUT2D eigenvalue weighted by molar-refractivity contribution is -0.142. The van der Waals surface area contributed by atoms with Crippen LogP contribution in [0.1, 0.15) is 44.9 Å². The van der Waals surface area contributed by atoms with Gasteiger partial charge in [-0.15, -0.1) is 0 Å². The Morgan fingerprint density at radius 2 is 1.34 bits per heavy atom. The summed E-state index contributed by atoms with van der Waals surface area (Å²) in [5.74, 6) is -5.30. The SMILES string of the molecule is CSCCC(NC(=O)C(N)CCC(=O)O)C(=O)NC(CCCN=C(N)N)C(=O)NC(CCC(N)=O)C(=O)O. The molecule has 0 spiro atoms. The summed E-state index contributed by atoms with van der Waals surface area (Å²) in [7, 11) is 0. The van der Waals surface area contributed by atoms with Gasteiger partial charge < -0.3 is 49.1 Å². The molecular weight excluding hydrogens is 524 g/mol. The molecule has 13 N–H and O–H groups in total. The van der Waals surface area contributed by atoms with Gasteiger partial charge in [-0.05, 0) is 44.1 Å². The number of guanidine groups is 1. The number of aliphatic carboxylic acids is 2. The van der Waals surface area contributed by atoms with Crippen LogP contribution in [-0.4, -0.2) is 94.5 Å².